The highest BCUT2D eigenvalue weighted by molar-refractivity contribution is 7.13. The van der Waals surface area contributed by atoms with Gasteiger partial charge in [-0.1, -0.05) is 9.39 Å². The molecule has 1 heterocycles. The largest absolute Gasteiger partial charge is 0.395 e. The van der Waals surface area contributed by atoms with Crippen LogP contribution in [-0.2, 0) is 4.79 Å². The number of hydrogen-bond donors (Lipinski definition) is 1. The van der Waals surface area contributed by atoms with Crippen molar-refractivity contribution in [2.24, 2.45) is 5.92 Å². The second-order valence-corrected chi connectivity index (χ2v) is 4.36. The van der Waals surface area contributed by atoms with Crippen molar-refractivity contribution in [1.29, 1.82) is 0 Å². The smallest absolute Gasteiger partial charge is 0.226 e. The molecule has 0 saturated carbocycles. The number of carbonyl (C=O) groups is 1. The van der Waals surface area contributed by atoms with Crippen molar-refractivity contribution >= 4 is 15.3 Å². The number of nitrogens with zero attached hydrogens (tertiary/aromatic N) is 2. The Labute approximate surface area is 81.1 Å². The molecule has 76 valence electrons. The maximum atomic E-state index is 11.6. The van der Waals surface area contributed by atoms with Gasteiger partial charge in [-0.15, -0.1) is 0 Å². The van der Waals surface area contributed by atoms with Crippen LogP contribution in [0.2, 0.25) is 0 Å². The van der Waals surface area contributed by atoms with E-state index in [9.17, 15) is 4.79 Å². The number of aliphatic hydroxyl groups is 1. The van der Waals surface area contributed by atoms with Gasteiger partial charge < -0.3 is 10.0 Å². The topological polar surface area (TPSA) is 43.8 Å². The second kappa shape index (κ2) is 4.36. The number of aliphatic hydroxyl groups excluding tert-OH is 1. The van der Waals surface area contributed by atoms with Crippen LogP contribution in [0.1, 0.15) is 6.42 Å². The third-order valence-electron chi connectivity index (χ3n) is 2.46. The molecule has 4 nitrogen and oxygen atoms in total. The predicted octanol–water partition coefficient (Wildman–Crippen LogP) is -0.453. The number of hydrogen-bond acceptors (Lipinski definition) is 3. The summed E-state index contributed by atoms with van der Waals surface area (Å²) in [4.78, 5) is 13.2. The minimum absolute atomic E-state index is 0.0460. The fourth-order valence-corrected chi connectivity index (χ4v) is 2.14. The average Bonchev–Trinajstić information content (AvgIpc) is 2.45. The van der Waals surface area contributed by atoms with Gasteiger partial charge in [0.15, 0.2) is 0 Å². The molecule has 0 aliphatic carbocycles. The van der Waals surface area contributed by atoms with Gasteiger partial charge in [0, 0.05) is 26.7 Å². The number of rotatable bonds is 2. The molecule has 0 aromatic heterocycles. The van der Waals surface area contributed by atoms with E-state index in [2.05, 4.69) is 9.39 Å². The lowest BCUT2D eigenvalue weighted by molar-refractivity contribution is -0.132. The van der Waals surface area contributed by atoms with E-state index in [-0.39, 0.29) is 24.5 Å². The van der Waals surface area contributed by atoms with E-state index in [0.29, 0.717) is 0 Å². The van der Waals surface area contributed by atoms with Gasteiger partial charge in [0.2, 0.25) is 5.91 Å². The summed E-state index contributed by atoms with van der Waals surface area (Å²) < 4.78 is 1.96. The van der Waals surface area contributed by atoms with E-state index in [4.69, 9.17) is 5.11 Å². The summed E-state index contributed by atoms with van der Waals surface area (Å²) in [5, 5.41) is 8.99. The van der Waals surface area contributed by atoms with Gasteiger partial charge in [-0.3, -0.25) is 9.46 Å². The average molecular weight is 204 g/mol. The van der Waals surface area contributed by atoms with E-state index in [1.165, 1.54) is 0 Å². The standard InChI is InChI=1S/C8H17N2O2P/c1-9(2)8(12)6-3-7(5-11)10(13)4-6/h6-7,11H,3-5,13H2,1-2H3. The molecular formula is C8H17N2O2P. The van der Waals surface area contributed by atoms with Gasteiger partial charge in [0.1, 0.15) is 0 Å². The van der Waals surface area contributed by atoms with Crippen molar-refractivity contribution < 1.29 is 9.90 Å². The summed E-state index contributed by atoms with van der Waals surface area (Å²) in [7, 11) is 6.09. The SMILES string of the molecule is CN(C)C(=O)C1CC(CO)N(P)C1. The summed E-state index contributed by atoms with van der Waals surface area (Å²) in [5.41, 5.74) is 0. The first-order valence-electron chi connectivity index (χ1n) is 4.39. The minimum Gasteiger partial charge on any atom is -0.395 e. The maximum absolute atomic E-state index is 11.6. The molecule has 0 aromatic rings. The van der Waals surface area contributed by atoms with Crippen molar-refractivity contribution in [3.8, 4) is 0 Å². The number of amides is 1. The lowest BCUT2D eigenvalue weighted by Gasteiger charge is -2.15. The molecule has 0 spiro atoms. The quantitative estimate of drug-likeness (QED) is 0.619. The lowest BCUT2D eigenvalue weighted by Crippen LogP contribution is -2.30. The Morgan fingerprint density at radius 2 is 2.31 bits per heavy atom. The van der Waals surface area contributed by atoms with Crippen LogP contribution in [0.4, 0.5) is 0 Å². The molecule has 1 aliphatic rings. The predicted molar refractivity (Wildman–Crippen MR) is 54.1 cm³/mol. The molecule has 0 radical (unpaired) electrons. The van der Waals surface area contributed by atoms with Crippen molar-refractivity contribution in [3.63, 3.8) is 0 Å². The summed E-state index contributed by atoms with van der Waals surface area (Å²) in [6, 6.07) is 0.124. The molecule has 0 bridgehead atoms. The Bertz CT molecular complexity index is 199. The van der Waals surface area contributed by atoms with Gasteiger partial charge >= 0.3 is 0 Å². The zero-order chi connectivity index (χ0) is 10.0. The second-order valence-electron chi connectivity index (χ2n) is 3.70. The Balaban J connectivity index is 2.53. The molecule has 13 heavy (non-hydrogen) atoms. The molecule has 1 rings (SSSR count). The third kappa shape index (κ3) is 2.39. The highest BCUT2D eigenvalue weighted by Gasteiger charge is 2.34. The van der Waals surface area contributed by atoms with Crippen molar-refractivity contribution in [2.45, 2.75) is 12.5 Å². The fraction of sp³-hybridized carbons (Fsp3) is 0.875. The molecule has 1 fully saturated rings. The Morgan fingerprint density at radius 1 is 1.69 bits per heavy atom. The molecule has 1 N–H and O–H groups in total. The van der Waals surface area contributed by atoms with Gasteiger partial charge in [-0.25, -0.2) is 0 Å². The van der Waals surface area contributed by atoms with Crippen LogP contribution in [0, 0.1) is 5.92 Å². The molecule has 1 saturated heterocycles. The van der Waals surface area contributed by atoms with E-state index < -0.39 is 0 Å². The monoisotopic (exact) mass is 204 g/mol. The summed E-state index contributed by atoms with van der Waals surface area (Å²) in [6.07, 6.45) is 0.761. The first kappa shape index (κ1) is 10.9. The molecule has 3 unspecified atom stereocenters. The molecule has 1 amide bonds. The van der Waals surface area contributed by atoms with Gasteiger partial charge in [0.05, 0.1) is 12.5 Å². The van der Waals surface area contributed by atoms with Crippen LogP contribution in [0.3, 0.4) is 0 Å². The summed E-state index contributed by atoms with van der Waals surface area (Å²) in [5.74, 6) is 0.202. The fourth-order valence-electron chi connectivity index (χ4n) is 1.67. The van der Waals surface area contributed by atoms with E-state index in [1.54, 1.807) is 19.0 Å². The van der Waals surface area contributed by atoms with Crippen LogP contribution >= 0.6 is 9.39 Å². The van der Waals surface area contributed by atoms with Crippen LogP contribution in [0.5, 0.6) is 0 Å². The van der Waals surface area contributed by atoms with Gasteiger partial charge in [0.25, 0.3) is 0 Å². The van der Waals surface area contributed by atoms with Crippen molar-refractivity contribution in [1.82, 2.24) is 9.57 Å². The van der Waals surface area contributed by atoms with Gasteiger partial charge in [-0.05, 0) is 6.42 Å². The van der Waals surface area contributed by atoms with E-state index in [1.807, 2.05) is 4.67 Å². The summed E-state index contributed by atoms with van der Waals surface area (Å²) >= 11 is 0. The Morgan fingerprint density at radius 3 is 2.69 bits per heavy atom. The maximum Gasteiger partial charge on any atom is 0.226 e. The zero-order valence-electron chi connectivity index (χ0n) is 8.10. The van der Waals surface area contributed by atoms with Crippen LogP contribution in [0.25, 0.3) is 0 Å². The molecule has 5 heteroatoms. The minimum atomic E-state index is 0.0460. The highest BCUT2D eigenvalue weighted by atomic mass is 31.0. The van der Waals surface area contributed by atoms with Crippen LogP contribution in [-0.4, -0.2) is 53.9 Å². The first-order chi connectivity index (χ1) is 6.06. The molecule has 1 aliphatic heterocycles. The number of carbonyl (C=O) groups excluding carboxylic acids is 1. The zero-order valence-corrected chi connectivity index (χ0v) is 9.26. The molecule has 0 aromatic carbocycles. The van der Waals surface area contributed by atoms with E-state index >= 15 is 0 Å². The first-order valence-corrected chi connectivity index (χ1v) is 4.91. The lowest BCUT2D eigenvalue weighted by atomic mass is 10.1. The normalized spacial score (nSPS) is 29.2. The van der Waals surface area contributed by atoms with Crippen LogP contribution < -0.4 is 0 Å². The van der Waals surface area contributed by atoms with E-state index in [0.717, 1.165) is 13.0 Å². The Kier molecular flexibility index (Phi) is 3.65. The molecule has 3 atom stereocenters. The molecular weight excluding hydrogens is 187 g/mol. The van der Waals surface area contributed by atoms with Crippen molar-refractivity contribution in [3.05, 3.63) is 0 Å². The summed E-state index contributed by atoms with van der Waals surface area (Å²) in [6.45, 7) is 0.855. The Hall–Kier alpha value is -0.180. The van der Waals surface area contributed by atoms with Crippen molar-refractivity contribution in [2.75, 3.05) is 27.2 Å². The van der Waals surface area contributed by atoms with Gasteiger partial charge in [-0.2, -0.15) is 0 Å². The van der Waals surface area contributed by atoms with Crippen LogP contribution in [0.15, 0.2) is 0 Å². The highest BCUT2D eigenvalue weighted by Crippen LogP contribution is 2.26. The third-order valence-corrected chi connectivity index (χ3v) is 3.09.